The van der Waals surface area contributed by atoms with Crippen LogP contribution in [-0.4, -0.2) is 38.0 Å². The quantitative estimate of drug-likeness (QED) is 0.528. The molecule has 28 heavy (non-hydrogen) atoms. The molecule has 1 aromatic heterocycles. The normalized spacial score (nSPS) is 11.5. The summed E-state index contributed by atoms with van der Waals surface area (Å²) < 4.78 is 40.1. The molecule has 0 bridgehead atoms. The van der Waals surface area contributed by atoms with E-state index in [4.69, 9.17) is 9.47 Å². The molecule has 3 aromatic rings. The van der Waals surface area contributed by atoms with E-state index in [0.717, 1.165) is 11.3 Å². The van der Waals surface area contributed by atoms with Gasteiger partial charge in [0.05, 0.1) is 17.2 Å². The predicted octanol–water partition coefficient (Wildman–Crippen LogP) is 2.77. The monoisotopic (exact) mass is 401 g/mol. The smallest absolute Gasteiger partial charge is 0.240 e. The highest BCUT2D eigenvalue weighted by Crippen LogP contribution is 2.17. The fraction of sp³-hybridized carbons (Fsp3) is 0.250. The standard InChI is InChI=1S/C20H23N3O4S/c1-2-26-13-14-27-19-7-9-20(10-8-19)28(24,25)22-16-17-5-3-6-18(15-17)23-12-4-11-21-23/h3-12,15,22H,2,13-14,16H2,1H3. The van der Waals surface area contributed by atoms with E-state index in [0.29, 0.717) is 25.6 Å². The maximum atomic E-state index is 12.5. The SMILES string of the molecule is CCOCCOc1ccc(S(=O)(=O)NCc2cccc(-n3cccn3)c2)cc1. The molecule has 0 fully saturated rings. The van der Waals surface area contributed by atoms with Crippen molar-refractivity contribution in [2.24, 2.45) is 0 Å². The zero-order chi connectivity index (χ0) is 19.8. The third-order valence-corrected chi connectivity index (χ3v) is 5.40. The number of nitrogens with one attached hydrogen (secondary N) is 1. The van der Waals surface area contributed by atoms with Gasteiger partial charge in [-0.3, -0.25) is 0 Å². The van der Waals surface area contributed by atoms with Gasteiger partial charge in [0, 0.05) is 25.5 Å². The molecule has 0 saturated carbocycles. The number of nitrogens with zero attached hydrogens (tertiary/aromatic N) is 2. The Kier molecular flexibility index (Phi) is 6.80. The lowest BCUT2D eigenvalue weighted by Crippen LogP contribution is -2.23. The second-order valence-electron chi connectivity index (χ2n) is 5.96. The average Bonchev–Trinajstić information content (AvgIpc) is 3.25. The zero-order valence-corrected chi connectivity index (χ0v) is 16.4. The Labute approximate surface area is 165 Å². The van der Waals surface area contributed by atoms with Gasteiger partial charge in [0.15, 0.2) is 0 Å². The first-order valence-corrected chi connectivity index (χ1v) is 10.5. The summed E-state index contributed by atoms with van der Waals surface area (Å²) in [4.78, 5) is 0.188. The Bertz CT molecular complexity index is 971. The number of hydrogen-bond donors (Lipinski definition) is 1. The average molecular weight is 401 g/mol. The van der Waals surface area contributed by atoms with Gasteiger partial charge in [-0.2, -0.15) is 5.10 Å². The lowest BCUT2D eigenvalue weighted by molar-refractivity contribution is 0.110. The Morgan fingerprint density at radius 2 is 1.89 bits per heavy atom. The van der Waals surface area contributed by atoms with Gasteiger partial charge in [0.25, 0.3) is 0 Å². The molecule has 148 valence electrons. The molecule has 1 N–H and O–H groups in total. The topological polar surface area (TPSA) is 82.5 Å². The van der Waals surface area contributed by atoms with Crippen molar-refractivity contribution >= 4 is 10.0 Å². The van der Waals surface area contributed by atoms with E-state index in [1.807, 2.05) is 43.5 Å². The minimum Gasteiger partial charge on any atom is -0.491 e. The van der Waals surface area contributed by atoms with E-state index >= 15 is 0 Å². The maximum absolute atomic E-state index is 12.5. The van der Waals surface area contributed by atoms with Crippen LogP contribution in [0.1, 0.15) is 12.5 Å². The highest BCUT2D eigenvalue weighted by molar-refractivity contribution is 7.89. The van der Waals surface area contributed by atoms with Crippen LogP contribution in [0.4, 0.5) is 0 Å². The summed E-state index contributed by atoms with van der Waals surface area (Å²) in [7, 11) is -3.62. The lowest BCUT2D eigenvalue weighted by Gasteiger charge is -2.10. The van der Waals surface area contributed by atoms with Crippen molar-refractivity contribution in [1.29, 1.82) is 0 Å². The maximum Gasteiger partial charge on any atom is 0.240 e. The summed E-state index contributed by atoms with van der Waals surface area (Å²) in [6.45, 7) is 3.65. The number of aromatic nitrogens is 2. The molecule has 0 amide bonds. The van der Waals surface area contributed by atoms with Crippen LogP contribution >= 0.6 is 0 Å². The minimum absolute atomic E-state index is 0.185. The summed E-state index contributed by atoms with van der Waals surface area (Å²) in [6.07, 6.45) is 3.53. The Hall–Kier alpha value is -2.68. The van der Waals surface area contributed by atoms with Crippen molar-refractivity contribution in [3.8, 4) is 11.4 Å². The number of ether oxygens (including phenoxy) is 2. The molecule has 0 aliphatic rings. The molecule has 0 radical (unpaired) electrons. The number of hydrogen-bond acceptors (Lipinski definition) is 5. The van der Waals surface area contributed by atoms with E-state index in [1.54, 1.807) is 23.0 Å². The second kappa shape index (κ2) is 9.50. The molecule has 8 heteroatoms. The van der Waals surface area contributed by atoms with Crippen LogP contribution in [0.2, 0.25) is 0 Å². The molecule has 3 rings (SSSR count). The number of benzene rings is 2. The van der Waals surface area contributed by atoms with E-state index < -0.39 is 10.0 Å². The van der Waals surface area contributed by atoms with E-state index in [9.17, 15) is 8.42 Å². The molecular formula is C20H23N3O4S. The summed E-state index contributed by atoms with van der Waals surface area (Å²) in [5, 5.41) is 4.18. The summed E-state index contributed by atoms with van der Waals surface area (Å²) in [6, 6.07) is 15.7. The molecule has 0 saturated heterocycles. The summed E-state index contributed by atoms with van der Waals surface area (Å²) >= 11 is 0. The molecule has 2 aromatic carbocycles. The first-order chi connectivity index (χ1) is 13.6. The van der Waals surface area contributed by atoms with Gasteiger partial charge >= 0.3 is 0 Å². The largest absolute Gasteiger partial charge is 0.491 e. The molecule has 0 atom stereocenters. The zero-order valence-electron chi connectivity index (χ0n) is 15.6. The number of sulfonamides is 1. The van der Waals surface area contributed by atoms with Crippen molar-refractivity contribution in [3.63, 3.8) is 0 Å². The highest BCUT2D eigenvalue weighted by Gasteiger charge is 2.14. The van der Waals surface area contributed by atoms with Crippen molar-refractivity contribution in [3.05, 3.63) is 72.6 Å². The van der Waals surface area contributed by atoms with Gasteiger partial charge in [0.1, 0.15) is 12.4 Å². The van der Waals surface area contributed by atoms with Gasteiger partial charge in [-0.25, -0.2) is 17.8 Å². The van der Waals surface area contributed by atoms with Crippen molar-refractivity contribution < 1.29 is 17.9 Å². The summed E-state index contributed by atoms with van der Waals surface area (Å²) in [5.74, 6) is 0.602. The first-order valence-electron chi connectivity index (χ1n) is 8.98. The van der Waals surface area contributed by atoms with Gasteiger partial charge < -0.3 is 9.47 Å². The molecule has 0 spiro atoms. The van der Waals surface area contributed by atoms with Crippen molar-refractivity contribution in [2.75, 3.05) is 19.8 Å². The van der Waals surface area contributed by atoms with E-state index in [-0.39, 0.29) is 11.4 Å². The summed E-state index contributed by atoms with van der Waals surface area (Å²) in [5.41, 5.74) is 1.71. The van der Waals surface area contributed by atoms with Crippen LogP contribution in [-0.2, 0) is 21.3 Å². The second-order valence-corrected chi connectivity index (χ2v) is 7.73. The Morgan fingerprint density at radius 1 is 1.07 bits per heavy atom. The Morgan fingerprint density at radius 3 is 2.61 bits per heavy atom. The van der Waals surface area contributed by atoms with Crippen LogP contribution in [0.25, 0.3) is 5.69 Å². The van der Waals surface area contributed by atoms with Gasteiger partial charge in [-0.05, 0) is 55.0 Å². The Balaban J connectivity index is 1.60. The number of rotatable bonds is 10. The molecule has 0 unspecified atom stereocenters. The van der Waals surface area contributed by atoms with Gasteiger partial charge in [0.2, 0.25) is 10.0 Å². The van der Waals surface area contributed by atoms with Crippen molar-refractivity contribution in [1.82, 2.24) is 14.5 Å². The molecule has 0 aliphatic carbocycles. The molecule has 7 nitrogen and oxygen atoms in total. The van der Waals surface area contributed by atoms with Crippen LogP contribution < -0.4 is 9.46 Å². The van der Waals surface area contributed by atoms with Crippen LogP contribution in [0.3, 0.4) is 0 Å². The molecule has 0 aliphatic heterocycles. The van der Waals surface area contributed by atoms with E-state index in [2.05, 4.69) is 9.82 Å². The molecule has 1 heterocycles. The fourth-order valence-corrected chi connectivity index (χ4v) is 3.59. The van der Waals surface area contributed by atoms with Crippen LogP contribution in [0.15, 0.2) is 71.9 Å². The van der Waals surface area contributed by atoms with Crippen molar-refractivity contribution in [2.45, 2.75) is 18.4 Å². The third kappa shape index (κ3) is 5.41. The predicted molar refractivity (Wildman–Crippen MR) is 106 cm³/mol. The highest BCUT2D eigenvalue weighted by atomic mass is 32.2. The minimum atomic E-state index is -3.62. The van der Waals surface area contributed by atoms with E-state index in [1.165, 1.54) is 12.1 Å². The lowest BCUT2D eigenvalue weighted by atomic mass is 10.2. The molecular weight excluding hydrogens is 378 g/mol. The first kappa shape index (κ1) is 20.1. The van der Waals surface area contributed by atoms with Crippen LogP contribution in [0, 0.1) is 0 Å². The third-order valence-electron chi connectivity index (χ3n) is 3.98. The van der Waals surface area contributed by atoms with Gasteiger partial charge in [-0.15, -0.1) is 0 Å². The van der Waals surface area contributed by atoms with Gasteiger partial charge in [-0.1, -0.05) is 12.1 Å². The fourth-order valence-electron chi connectivity index (χ4n) is 2.57. The van der Waals surface area contributed by atoms with Crippen LogP contribution in [0.5, 0.6) is 5.75 Å².